The van der Waals surface area contributed by atoms with Crippen LogP contribution >= 0.6 is 0 Å². The number of nitrogens with zero attached hydrogens (tertiary/aromatic N) is 1. The molecule has 6 heteroatoms. The molecule has 2 aliphatic heterocycles. The molecule has 0 aromatic heterocycles. The molecule has 3 rings (SSSR count). The van der Waals surface area contributed by atoms with E-state index in [0.29, 0.717) is 32.1 Å². The minimum absolute atomic E-state index is 0.0626. The second-order valence-corrected chi connectivity index (χ2v) is 5.14. The van der Waals surface area contributed by atoms with Gasteiger partial charge in [-0.15, -0.1) is 0 Å². The first-order chi connectivity index (χ1) is 10.3. The van der Waals surface area contributed by atoms with Gasteiger partial charge in [0.2, 0.25) is 5.91 Å². The minimum atomic E-state index is -0.483. The van der Waals surface area contributed by atoms with Gasteiger partial charge < -0.3 is 14.8 Å². The monoisotopic (exact) mass is 290 g/mol. The molecule has 0 spiro atoms. The Kier molecular flexibility index (Phi) is 4.28. The molecular weight excluding hydrogens is 272 g/mol. The summed E-state index contributed by atoms with van der Waals surface area (Å²) >= 11 is 0. The smallest absolute Gasteiger partial charge is 0.251 e. The molecule has 0 bridgehead atoms. The van der Waals surface area contributed by atoms with Crippen molar-refractivity contribution in [2.75, 3.05) is 31.3 Å². The van der Waals surface area contributed by atoms with Crippen LogP contribution in [-0.4, -0.2) is 50.3 Å². The molecule has 2 fully saturated rings. The summed E-state index contributed by atoms with van der Waals surface area (Å²) in [6.07, 6.45) is 0.119. The number of carbonyl (C=O) groups is 2. The van der Waals surface area contributed by atoms with E-state index < -0.39 is 6.04 Å². The third-order valence-corrected chi connectivity index (χ3v) is 3.64. The number of para-hydroxylation sites is 1. The molecule has 2 amide bonds. The van der Waals surface area contributed by atoms with Crippen LogP contribution in [0, 0.1) is 0 Å². The Morgan fingerprint density at radius 3 is 2.71 bits per heavy atom. The van der Waals surface area contributed by atoms with Crippen LogP contribution in [0.4, 0.5) is 5.69 Å². The molecule has 112 valence electrons. The van der Waals surface area contributed by atoms with Crippen LogP contribution < -0.4 is 10.2 Å². The molecule has 0 radical (unpaired) electrons. The van der Waals surface area contributed by atoms with Gasteiger partial charge in [-0.25, -0.2) is 4.90 Å². The largest absolute Gasteiger partial charge is 0.376 e. The van der Waals surface area contributed by atoms with Gasteiger partial charge in [-0.05, 0) is 12.1 Å². The number of anilines is 1. The van der Waals surface area contributed by atoms with E-state index in [1.807, 2.05) is 18.2 Å². The lowest BCUT2D eigenvalue weighted by molar-refractivity contribution is -0.121. The quantitative estimate of drug-likeness (QED) is 0.809. The van der Waals surface area contributed by atoms with Gasteiger partial charge >= 0.3 is 0 Å². The first-order valence-corrected chi connectivity index (χ1v) is 7.10. The Hall–Kier alpha value is -1.76. The number of benzene rings is 1. The van der Waals surface area contributed by atoms with Crippen LogP contribution in [-0.2, 0) is 19.1 Å². The van der Waals surface area contributed by atoms with Gasteiger partial charge in [0.15, 0.2) is 0 Å². The normalized spacial score (nSPS) is 26.4. The predicted octanol–water partition coefficient (Wildman–Crippen LogP) is 0.324. The maximum Gasteiger partial charge on any atom is 0.251 e. The molecule has 21 heavy (non-hydrogen) atoms. The summed E-state index contributed by atoms with van der Waals surface area (Å²) < 4.78 is 10.8. The third kappa shape index (κ3) is 3.12. The van der Waals surface area contributed by atoms with Gasteiger partial charge in [-0.2, -0.15) is 0 Å². The van der Waals surface area contributed by atoms with Crippen molar-refractivity contribution >= 4 is 17.5 Å². The molecule has 0 aliphatic carbocycles. The zero-order chi connectivity index (χ0) is 14.7. The standard InChI is InChI=1S/C15H18N2O4/c18-14-8-13(16-9-12-10-20-6-7-21-12)15(19)17(14)11-4-2-1-3-5-11/h1-5,12-13,16H,6-10H2. The molecule has 1 N–H and O–H groups in total. The van der Waals surface area contributed by atoms with E-state index in [9.17, 15) is 9.59 Å². The Labute approximate surface area is 123 Å². The third-order valence-electron chi connectivity index (χ3n) is 3.64. The molecule has 2 atom stereocenters. The fourth-order valence-corrected chi connectivity index (χ4v) is 2.57. The van der Waals surface area contributed by atoms with Crippen LogP contribution in [0.25, 0.3) is 0 Å². The Morgan fingerprint density at radius 2 is 2.00 bits per heavy atom. The molecule has 2 aliphatic rings. The van der Waals surface area contributed by atoms with E-state index in [2.05, 4.69) is 5.32 Å². The second-order valence-electron chi connectivity index (χ2n) is 5.14. The number of hydrogen-bond donors (Lipinski definition) is 1. The average Bonchev–Trinajstić information content (AvgIpc) is 2.81. The highest BCUT2D eigenvalue weighted by Gasteiger charge is 2.39. The van der Waals surface area contributed by atoms with Crippen molar-refractivity contribution in [2.24, 2.45) is 0 Å². The van der Waals surface area contributed by atoms with Gasteiger partial charge in [-0.1, -0.05) is 18.2 Å². The molecule has 1 aromatic rings. The van der Waals surface area contributed by atoms with E-state index in [1.54, 1.807) is 12.1 Å². The molecule has 0 saturated carbocycles. The highest BCUT2D eigenvalue weighted by Crippen LogP contribution is 2.22. The Bertz CT molecular complexity index is 514. The van der Waals surface area contributed by atoms with Crippen LogP contribution in [0.2, 0.25) is 0 Å². The van der Waals surface area contributed by atoms with E-state index >= 15 is 0 Å². The maximum absolute atomic E-state index is 12.4. The summed E-state index contributed by atoms with van der Waals surface area (Å²) in [4.78, 5) is 25.7. The lowest BCUT2D eigenvalue weighted by Gasteiger charge is -2.24. The molecule has 2 heterocycles. The number of hydrogen-bond acceptors (Lipinski definition) is 5. The highest BCUT2D eigenvalue weighted by atomic mass is 16.6. The lowest BCUT2D eigenvalue weighted by atomic mass is 10.2. The number of nitrogens with one attached hydrogen (secondary N) is 1. The first-order valence-electron chi connectivity index (χ1n) is 7.10. The average molecular weight is 290 g/mol. The van der Waals surface area contributed by atoms with Gasteiger partial charge in [0.1, 0.15) is 0 Å². The number of amides is 2. The zero-order valence-electron chi connectivity index (χ0n) is 11.7. The molecule has 2 unspecified atom stereocenters. The SMILES string of the molecule is O=C1CC(NCC2COCCO2)C(=O)N1c1ccccc1. The first kappa shape index (κ1) is 14.2. The van der Waals surface area contributed by atoms with Gasteiger partial charge in [0, 0.05) is 6.54 Å². The Morgan fingerprint density at radius 1 is 1.19 bits per heavy atom. The molecular formula is C15H18N2O4. The van der Waals surface area contributed by atoms with Crippen molar-refractivity contribution in [3.05, 3.63) is 30.3 Å². The van der Waals surface area contributed by atoms with Crippen molar-refractivity contribution in [2.45, 2.75) is 18.6 Å². The van der Waals surface area contributed by atoms with Crippen LogP contribution in [0.5, 0.6) is 0 Å². The van der Waals surface area contributed by atoms with Crippen molar-refractivity contribution in [3.8, 4) is 0 Å². The maximum atomic E-state index is 12.4. The van der Waals surface area contributed by atoms with E-state index in [1.165, 1.54) is 4.90 Å². The topological polar surface area (TPSA) is 67.9 Å². The predicted molar refractivity (Wildman–Crippen MR) is 75.9 cm³/mol. The summed E-state index contributed by atoms with van der Waals surface area (Å²) in [6.45, 7) is 2.20. The number of carbonyl (C=O) groups excluding carboxylic acids is 2. The summed E-state index contributed by atoms with van der Waals surface area (Å²) in [5.74, 6) is -0.382. The van der Waals surface area contributed by atoms with E-state index in [-0.39, 0.29) is 24.3 Å². The van der Waals surface area contributed by atoms with E-state index in [4.69, 9.17) is 9.47 Å². The van der Waals surface area contributed by atoms with Gasteiger partial charge in [0.05, 0.1) is 44.1 Å². The summed E-state index contributed by atoms with van der Waals surface area (Å²) in [5, 5.41) is 3.11. The summed E-state index contributed by atoms with van der Waals surface area (Å²) in [7, 11) is 0. The summed E-state index contributed by atoms with van der Waals surface area (Å²) in [6, 6.07) is 8.51. The van der Waals surface area contributed by atoms with Gasteiger partial charge in [-0.3, -0.25) is 9.59 Å². The van der Waals surface area contributed by atoms with Crippen molar-refractivity contribution in [1.29, 1.82) is 0 Å². The van der Waals surface area contributed by atoms with Gasteiger partial charge in [0.25, 0.3) is 5.91 Å². The fraction of sp³-hybridized carbons (Fsp3) is 0.467. The van der Waals surface area contributed by atoms with Crippen molar-refractivity contribution < 1.29 is 19.1 Å². The number of rotatable bonds is 4. The lowest BCUT2D eigenvalue weighted by Crippen LogP contribution is -2.45. The van der Waals surface area contributed by atoms with Crippen LogP contribution in [0.3, 0.4) is 0 Å². The molecule has 2 saturated heterocycles. The van der Waals surface area contributed by atoms with Crippen LogP contribution in [0.15, 0.2) is 30.3 Å². The van der Waals surface area contributed by atoms with Crippen molar-refractivity contribution in [1.82, 2.24) is 5.32 Å². The second kappa shape index (κ2) is 6.34. The van der Waals surface area contributed by atoms with E-state index in [0.717, 1.165) is 0 Å². The fourth-order valence-electron chi connectivity index (χ4n) is 2.57. The zero-order valence-corrected chi connectivity index (χ0v) is 11.7. The highest BCUT2D eigenvalue weighted by molar-refractivity contribution is 6.22. The van der Waals surface area contributed by atoms with Crippen LogP contribution in [0.1, 0.15) is 6.42 Å². The Balaban J connectivity index is 1.61. The summed E-state index contributed by atoms with van der Waals surface area (Å²) in [5.41, 5.74) is 0.619. The molecule has 6 nitrogen and oxygen atoms in total. The molecule has 1 aromatic carbocycles. The number of imide groups is 1. The van der Waals surface area contributed by atoms with Crippen molar-refractivity contribution in [3.63, 3.8) is 0 Å². The minimum Gasteiger partial charge on any atom is -0.376 e. The number of ether oxygens (including phenoxy) is 2.